The number of esters is 1. The Hall–Kier alpha value is -3.22. The maximum atomic E-state index is 11.9. The van der Waals surface area contributed by atoms with E-state index in [0.717, 1.165) is 0 Å². The molecule has 23 heavy (non-hydrogen) atoms. The second-order valence-corrected chi connectivity index (χ2v) is 4.62. The predicted molar refractivity (Wildman–Crippen MR) is 80.2 cm³/mol. The molecular formula is C16H12N2O5. The van der Waals surface area contributed by atoms with Crippen LogP contribution < -0.4 is 10.4 Å². The number of aromatic nitrogens is 2. The number of carbonyl (C=O) groups excluding carboxylic acids is 1. The van der Waals surface area contributed by atoms with Crippen LogP contribution in [0.3, 0.4) is 0 Å². The van der Waals surface area contributed by atoms with Crippen molar-refractivity contribution in [2.75, 3.05) is 7.11 Å². The number of nitrogens with zero attached hydrogens (tertiary/aromatic N) is 2. The van der Waals surface area contributed by atoms with E-state index in [0.29, 0.717) is 22.3 Å². The minimum Gasteiger partial charge on any atom is -0.497 e. The highest BCUT2D eigenvalue weighted by Gasteiger charge is 2.12. The molecular weight excluding hydrogens is 300 g/mol. The molecule has 0 bridgehead atoms. The molecule has 3 rings (SSSR count). The van der Waals surface area contributed by atoms with Crippen LogP contribution in [-0.2, 0) is 11.3 Å². The first-order valence-corrected chi connectivity index (χ1v) is 6.71. The van der Waals surface area contributed by atoms with E-state index in [-0.39, 0.29) is 12.3 Å². The van der Waals surface area contributed by atoms with Gasteiger partial charge in [-0.15, -0.1) is 0 Å². The van der Waals surface area contributed by atoms with Gasteiger partial charge in [0.2, 0.25) is 0 Å². The minimum absolute atomic E-state index is 0.0795. The topological polar surface area (TPSA) is 91.5 Å². The van der Waals surface area contributed by atoms with E-state index in [9.17, 15) is 9.59 Å². The van der Waals surface area contributed by atoms with Crippen LogP contribution in [0.5, 0.6) is 5.75 Å². The monoisotopic (exact) mass is 312 g/mol. The maximum absolute atomic E-state index is 11.9. The highest BCUT2D eigenvalue weighted by atomic mass is 16.5. The van der Waals surface area contributed by atoms with Gasteiger partial charge in [-0.2, -0.15) is 0 Å². The average Bonchev–Trinajstić information content (AvgIpc) is 2.59. The Balaban J connectivity index is 1.88. The number of methoxy groups -OCH3 is 1. The Bertz CT molecular complexity index is 905. The van der Waals surface area contributed by atoms with Gasteiger partial charge in [0.25, 0.3) is 0 Å². The van der Waals surface area contributed by atoms with E-state index in [1.807, 2.05) is 0 Å². The molecule has 7 heteroatoms. The molecule has 0 saturated heterocycles. The third-order valence-corrected chi connectivity index (χ3v) is 3.17. The molecule has 2 aromatic heterocycles. The van der Waals surface area contributed by atoms with E-state index >= 15 is 0 Å². The van der Waals surface area contributed by atoms with Gasteiger partial charge in [-0.05, 0) is 12.1 Å². The Morgan fingerprint density at radius 3 is 2.87 bits per heavy atom. The Kier molecular flexibility index (Phi) is 4.01. The van der Waals surface area contributed by atoms with Gasteiger partial charge in [-0.3, -0.25) is 4.98 Å². The standard InChI is InChI=1S/C16H12N2O5/c1-21-11-2-3-12-10(6-15(19)23-14(12)7-11)9-22-16(20)13-8-17-4-5-18-13/h2-8H,9H2,1H3. The lowest BCUT2D eigenvalue weighted by molar-refractivity contribution is 0.0466. The van der Waals surface area contributed by atoms with Crippen LogP contribution in [0.1, 0.15) is 16.1 Å². The molecule has 0 aliphatic carbocycles. The quantitative estimate of drug-likeness (QED) is 0.537. The van der Waals surface area contributed by atoms with Crippen LogP contribution in [0.4, 0.5) is 0 Å². The number of hydrogen-bond acceptors (Lipinski definition) is 7. The fourth-order valence-corrected chi connectivity index (χ4v) is 2.08. The molecule has 0 aliphatic rings. The summed E-state index contributed by atoms with van der Waals surface area (Å²) in [5.41, 5.74) is 0.469. The molecule has 0 fully saturated rings. The van der Waals surface area contributed by atoms with E-state index in [1.165, 1.54) is 31.8 Å². The van der Waals surface area contributed by atoms with Crippen LogP contribution >= 0.6 is 0 Å². The van der Waals surface area contributed by atoms with Gasteiger partial charge in [0, 0.05) is 35.5 Å². The summed E-state index contributed by atoms with van der Waals surface area (Å²) in [7, 11) is 1.52. The highest BCUT2D eigenvalue weighted by molar-refractivity contribution is 5.87. The Labute approximate surface area is 130 Å². The van der Waals surface area contributed by atoms with Crippen LogP contribution in [0.25, 0.3) is 11.0 Å². The second kappa shape index (κ2) is 6.27. The number of ether oxygens (including phenoxy) is 2. The SMILES string of the molecule is COc1ccc2c(COC(=O)c3cnccn3)cc(=O)oc2c1. The normalized spacial score (nSPS) is 10.5. The summed E-state index contributed by atoms with van der Waals surface area (Å²) in [6, 6.07) is 6.36. The summed E-state index contributed by atoms with van der Waals surface area (Å²) in [4.78, 5) is 31.2. The molecule has 2 heterocycles. The minimum atomic E-state index is -0.618. The fourth-order valence-electron chi connectivity index (χ4n) is 2.08. The third kappa shape index (κ3) is 3.18. The molecule has 0 spiro atoms. The summed E-state index contributed by atoms with van der Waals surface area (Å²) in [6.45, 7) is -0.0795. The van der Waals surface area contributed by atoms with E-state index < -0.39 is 11.6 Å². The lowest BCUT2D eigenvalue weighted by atomic mass is 10.1. The summed E-state index contributed by atoms with van der Waals surface area (Å²) < 4.78 is 15.4. The van der Waals surface area contributed by atoms with E-state index in [2.05, 4.69) is 9.97 Å². The Morgan fingerprint density at radius 2 is 2.13 bits per heavy atom. The molecule has 0 radical (unpaired) electrons. The lowest BCUT2D eigenvalue weighted by Crippen LogP contribution is -2.09. The van der Waals surface area contributed by atoms with Gasteiger partial charge in [-0.25, -0.2) is 14.6 Å². The van der Waals surface area contributed by atoms with Crippen molar-refractivity contribution in [1.29, 1.82) is 0 Å². The molecule has 0 unspecified atom stereocenters. The van der Waals surface area contributed by atoms with E-state index in [4.69, 9.17) is 13.9 Å². The fraction of sp³-hybridized carbons (Fsp3) is 0.125. The number of rotatable bonds is 4. The zero-order valence-electron chi connectivity index (χ0n) is 12.2. The van der Waals surface area contributed by atoms with Crippen molar-refractivity contribution in [1.82, 2.24) is 9.97 Å². The maximum Gasteiger partial charge on any atom is 0.358 e. The molecule has 0 amide bonds. The number of benzene rings is 1. The van der Waals surface area contributed by atoms with Crippen LogP contribution in [-0.4, -0.2) is 23.0 Å². The van der Waals surface area contributed by atoms with Crippen molar-refractivity contribution in [2.45, 2.75) is 6.61 Å². The van der Waals surface area contributed by atoms with Crippen LogP contribution in [0.15, 0.2) is 52.1 Å². The molecule has 7 nitrogen and oxygen atoms in total. The number of carbonyl (C=O) groups is 1. The van der Waals surface area contributed by atoms with Gasteiger partial charge in [0.15, 0.2) is 5.69 Å². The van der Waals surface area contributed by atoms with Gasteiger partial charge in [0.1, 0.15) is 17.9 Å². The van der Waals surface area contributed by atoms with Crippen molar-refractivity contribution in [3.05, 3.63) is 64.5 Å². The molecule has 116 valence electrons. The lowest BCUT2D eigenvalue weighted by Gasteiger charge is -2.07. The first-order valence-electron chi connectivity index (χ1n) is 6.71. The zero-order chi connectivity index (χ0) is 16.2. The zero-order valence-corrected chi connectivity index (χ0v) is 12.2. The second-order valence-electron chi connectivity index (χ2n) is 4.62. The van der Waals surface area contributed by atoms with Crippen molar-refractivity contribution >= 4 is 16.9 Å². The van der Waals surface area contributed by atoms with Crippen molar-refractivity contribution in [3.8, 4) is 5.75 Å². The largest absolute Gasteiger partial charge is 0.497 e. The molecule has 0 atom stereocenters. The first-order chi connectivity index (χ1) is 11.2. The summed E-state index contributed by atoms with van der Waals surface area (Å²) >= 11 is 0. The molecule has 0 N–H and O–H groups in total. The predicted octanol–water partition coefficient (Wildman–Crippen LogP) is 1.95. The van der Waals surface area contributed by atoms with Crippen LogP contribution in [0.2, 0.25) is 0 Å². The first kappa shape index (κ1) is 14.7. The van der Waals surface area contributed by atoms with Gasteiger partial charge in [0.05, 0.1) is 13.3 Å². The summed E-state index contributed by atoms with van der Waals surface area (Å²) in [6.07, 6.45) is 4.17. The van der Waals surface area contributed by atoms with Crippen LogP contribution in [0, 0.1) is 0 Å². The van der Waals surface area contributed by atoms with Gasteiger partial charge < -0.3 is 13.9 Å². The Morgan fingerprint density at radius 1 is 1.26 bits per heavy atom. The summed E-state index contributed by atoms with van der Waals surface area (Å²) in [5, 5.41) is 0.664. The smallest absolute Gasteiger partial charge is 0.358 e. The van der Waals surface area contributed by atoms with Crippen molar-refractivity contribution < 1.29 is 18.7 Å². The number of fused-ring (bicyclic) bond motifs is 1. The van der Waals surface area contributed by atoms with Gasteiger partial charge in [-0.1, -0.05) is 0 Å². The van der Waals surface area contributed by atoms with Gasteiger partial charge >= 0.3 is 11.6 Å². The molecule has 3 aromatic rings. The van der Waals surface area contributed by atoms with Crippen molar-refractivity contribution in [2.24, 2.45) is 0 Å². The molecule has 0 saturated carbocycles. The molecule has 0 aliphatic heterocycles. The van der Waals surface area contributed by atoms with Crippen molar-refractivity contribution in [3.63, 3.8) is 0 Å². The average molecular weight is 312 g/mol. The number of hydrogen-bond donors (Lipinski definition) is 0. The third-order valence-electron chi connectivity index (χ3n) is 3.17. The van der Waals surface area contributed by atoms with E-state index in [1.54, 1.807) is 18.2 Å². The highest BCUT2D eigenvalue weighted by Crippen LogP contribution is 2.23. The molecule has 1 aromatic carbocycles. The summed E-state index contributed by atoms with van der Waals surface area (Å²) in [5.74, 6) is -0.0534.